The molecule has 218 valence electrons. The number of amides is 2. The van der Waals surface area contributed by atoms with E-state index in [4.69, 9.17) is 21.1 Å². The van der Waals surface area contributed by atoms with Crippen molar-refractivity contribution in [1.29, 1.82) is 0 Å². The maximum atomic E-state index is 13.5. The summed E-state index contributed by atoms with van der Waals surface area (Å²) in [5, 5.41) is 3.32. The molecule has 0 radical (unpaired) electrons. The Morgan fingerprint density at radius 3 is 2.37 bits per heavy atom. The molecule has 2 amide bonds. The van der Waals surface area contributed by atoms with E-state index in [9.17, 15) is 22.4 Å². The summed E-state index contributed by atoms with van der Waals surface area (Å²) in [7, 11) is -3.67. The third-order valence-electron chi connectivity index (χ3n) is 6.64. The first-order chi connectivity index (χ1) is 19.6. The molecule has 0 aliphatic carbocycles. The van der Waals surface area contributed by atoms with Gasteiger partial charge in [0.1, 0.15) is 17.6 Å². The van der Waals surface area contributed by atoms with E-state index in [-0.39, 0.29) is 36.8 Å². The highest BCUT2D eigenvalue weighted by atomic mass is 35.5. The second-order valence-corrected chi connectivity index (χ2v) is 11.8. The van der Waals surface area contributed by atoms with Crippen LogP contribution in [0.4, 0.5) is 4.39 Å². The quantitative estimate of drug-likeness (QED) is 0.359. The molecule has 0 saturated carbocycles. The number of rotatable bonds is 11. The summed E-state index contributed by atoms with van der Waals surface area (Å²) < 4.78 is 51.4. The molecule has 1 aliphatic heterocycles. The Kier molecular flexibility index (Phi) is 10.3. The summed E-state index contributed by atoms with van der Waals surface area (Å²) in [6.45, 7) is 2.65. The monoisotopic (exact) mass is 603 g/mol. The molecular weight excluding hydrogens is 573 g/mol. The highest BCUT2D eigenvalue weighted by Gasteiger charge is 2.28. The first-order valence-electron chi connectivity index (χ1n) is 13.0. The molecule has 0 bridgehead atoms. The lowest BCUT2D eigenvalue weighted by atomic mass is 10.1. The van der Waals surface area contributed by atoms with Crippen LogP contribution in [0.2, 0.25) is 5.02 Å². The van der Waals surface area contributed by atoms with Crippen LogP contribution in [0.1, 0.15) is 18.1 Å². The third kappa shape index (κ3) is 8.04. The lowest BCUT2D eigenvalue weighted by Gasteiger charge is -2.29. The van der Waals surface area contributed by atoms with Crippen molar-refractivity contribution in [1.82, 2.24) is 14.5 Å². The fourth-order valence-electron chi connectivity index (χ4n) is 4.21. The van der Waals surface area contributed by atoms with Crippen LogP contribution in [0.15, 0.2) is 77.7 Å². The summed E-state index contributed by atoms with van der Waals surface area (Å²) in [6, 6.07) is 17.7. The fourth-order valence-corrected chi connectivity index (χ4v) is 5.82. The summed E-state index contributed by atoms with van der Waals surface area (Å²) >= 11 is 6.19. The third-order valence-corrected chi connectivity index (χ3v) is 8.92. The van der Waals surface area contributed by atoms with Crippen molar-refractivity contribution in [3.05, 3.63) is 94.8 Å². The van der Waals surface area contributed by atoms with Gasteiger partial charge in [0.2, 0.25) is 15.9 Å². The topological polar surface area (TPSA) is 105 Å². The highest BCUT2D eigenvalue weighted by Crippen LogP contribution is 2.21. The molecule has 3 aromatic carbocycles. The van der Waals surface area contributed by atoms with Gasteiger partial charge in [0.15, 0.2) is 6.61 Å². The summed E-state index contributed by atoms with van der Waals surface area (Å²) in [4.78, 5) is 27.8. The number of benzene rings is 3. The minimum atomic E-state index is -3.67. The fraction of sp³-hybridized carbons (Fsp3) is 0.310. The van der Waals surface area contributed by atoms with Crippen LogP contribution in [0.25, 0.3) is 0 Å². The van der Waals surface area contributed by atoms with Crippen LogP contribution in [-0.4, -0.2) is 68.4 Å². The SMILES string of the molecule is C[C@@H](C(=O)NCc1ccccc1Cl)N(Cc1ccc(F)cc1)C(=O)COc1ccc(S(=O)(=O)N2CCOCC2)cc1. The first-order valence-corrected chi connectivity index (χ1v) is 14.8. The van der Waals surface area contributed by atoms with E-state index in [0.717, 1.165) is 5.56 Å². The average molecular weight is 604 g/mol. The van der Waals surface area contributed by atoms with Crippen molar-refractivity contribution in [3.8, 4) is 5.75 Å². The Hall–Kier alpha value is -3.51. The number of sulfonamides is 1. The number of carbonyl (C=O) groups is 2. The van der Waals surface area contributed by atoms with E-state index in [2.05, 4.69) is 5.32 Å². The maximum Gasteiger partial charge on any atom is 0.261 e. The van der Waals surface area contributed by atoms with Crippen LogP contribution in [0, 0.1) is 5.82 Å². The van der Waals surface area contributed by atoms with Gasteiger partial charge in [0, 0.05) is 31.2 Å². The zero-order valence-electron chi connectivity index (χ0n) is 22.5. The lowest BCUT2D eigenvalue weighted by molar-refractivity contribution is -0.142. The average Bonchev–Trinajstić information content (AvgIpc) is 2.99. The molecule has 0 spiro atoms. The van der Waals surface area contributed by atoms with Crippen molar-refractivity contribution in [3.63, 3.8) is 0 Å². The Bertz CT molecular complexity index is 1450. The van der Waals surface area contributed by atoms with E-state index in [1.165, 1.54) is 45.6 Å². The molecule has 1 atom stereocenters. The van der Waals surface area contributed by atoms with Crippen LogP contribution >= 0.6 is 11.6 Å². The van der Waals surface area contributed by atoms with E-state index in [0.29, 0.717) is 23.8 Å². The number of hydrogen-bond acceptors (Lipinski definition) is 6. The molecule has 1 N–H and O–H groups in total. The Labute approximate surface area is 243 Å². The number of nitrogens with zero attached hydrogens (tertiary/aromatic N) is 2. The Balaban J connectivity index is 1.42. The lowest BCUT2D eigenvalue weighted by Crippen LogP contribution is -2.48. The van der Waals surface area contributed by atoms with Crippen molar-refractivity contribution < 1.29 is 31.9 Å². The zero-order chi connectivity index (χ0) is 29.4. The first kappa shape index (κ1) is 30.4. The largest absolute Gasteiger partial charge is 0.484 e. The molecule has 12 heteroatoms. The van der Waals surface area contributed by atoms with Gasteiger partial charge in [-0.05, 0) is 60.5 Å². The van der Waals surface area contributed by atoms with E-state index in [1.807, 2.05) is 6.07 Å². The molecule has 1 aliphatic rings. The zero-order valence-corrected chi connectivity index (χ0v) is 24.0. The van der Waals surface area contributed by atoms with E-state index in [1.54, 1.807) is 37.3 Å². The van der Waals surface area contributed by atoms with Crippen molar-refractivity contribution in [2.45, 2.75) is 31.0 Å². The predicted molar refractivity (Wildman–Crippen MR) is 151 cm³/mol. The van der Waals surface area contributed by atoms with Crippen LogP contribution < -0.4 is 10.1 Å². The summed E-state index contributed by atoms with van der Waals surface area (Å²) in [5.74, 6) is -1.02. The molecule has 0 aromatic heterocycles. The van der Waals surface area contributed by atoms with Gasteiger partial charge in [0.25, 0.3) is 5.91 Å². The second-order valence-electron chi connectivity index (χ2n) is 9.41. The van der Waals surface area contributed by atoms with Gasteiger partial charge in [-0.1, -0.05) is 41.9 Å². The van der Waals surface area contributed by atoms with Gasteiger partial charge in [-0.2, -0.15) is 4.31 Å². The minimum absolute atomic E-state index is 0.0416. The predicted octanol–water partition coefficient (Wildman–Crippen LogP) is 3.61. The van der Waals surface area contributed by atoms with Crippen LogP contribution in [0.3, 0.4) is 0 Å². The second kappa shape index (κ2) is 13.9. The van der Waals surface area contributed by atoms with Crippen LogP contribution in [-0.2, 0) is 37.4 Å². The van der Waals surface area contributed by atoms with Gasteiger partial charge >= 0.3 is 0 Å². The molecule has 41 heavy (non-hydrogen) atoms. The molecule has 0 unspecified atom stereocenters. The number of nitrogens with one attached hydrogen (secondary N) is 1. The van der Waals surface area contributed by atoms with Gasteiger partial charge in [-0.15, -0.1) is 0 Å². The molecular formula is C29H31ClFN3O6S. The molecule has 4 rings (SSSR count). The number of hydrogen-bond donors (Lipinski definition) is 1. The molecule has 9 nitrogen and oxygen atoms in total. The standard InChI is InChI=1S/C29H31ClFN3O6S/c1-21(29(36)32-18-23-4-2-3-5-27(23)30)34(19-22-6-8-24(31)9-7-22)28(35)20-40-25-10-12-26(13-11-25)41(37,38)33-14-16-39-17-15-33/h2-13,21H,14-20H2,1H3,(H,32,36)/t21-/m0/s1. The Morgan fingerprint density at radius 2 is 1.71 bits per heavy atom. The number of carbonyl (C=O) groups excluding carboxylic acids is 2. The van der Waals surface area contributed by atoms with E-state index >= 15 is 0 Å². The smallest absolute Gasteiger partial charge is 0.261 e. The Morgan fingerprint density at radius 1 is 1.05 bits per heavy atom. The van der Waals surface area contributed by atoms with Crippen molar-refractivity contribution in [2.75, 3.05) is 32.9 Å². The molecule has 1 fully saturated rings. The van der Waals surface area contributed by atoms with Gasteiger partial charge in [-0.25, -0.2) is 12.8 Å². The van der Waals surface area contributed by atoms with Crippen molar-refractivity contribution >= 4 is 33.4 Å². The summed E-state index contributed by atoms with van der Waals surface area (Å²) in [5.41, 5.74) is 1.36. The van der Waals surface area contributed by atoms with Gasteiger partial charge < -0.3 is 19.7 Å². The van der Waals surface area contributed by atoms with Crippen molar-refractivity contribution in [2.24, 2.45) is 0 Å². The highest BCUT2D eigenvalue weighted by molar-refractivity contribution is 7.89. The maximum absolute atomic E-state index is 13.5. The number of halogens is 2. The summed E-state index contributed by atoms with van der Waals surface area (Å²) in [6.07, 6.45) is 0. The molecule has 3 aromatic rings. The number of ether oxygens (including phenoxy) is 2. The number of morpholine rings is 1. The molecule has 1 heterocycles. The van der Waals surface area contributed by atoms with Crippen LogP contribution in [0.5, 0.6) is 5.75 Å². The minimum Gasteiger partial charge on any atom is -0.484 e. The van der Waals surface area contributed by atoms with E-state index < -0.39 is 40.3 Å². The van der Waals surface area contributed by atoms with Gasteiger partial charge in [0.05, 0.1) is 18.1 Å². The van der Waals surface area contributed by atoms with Gasteiger partial charge in [-0.3, -0.25) is 9.59 Å². The molecule has 1 saturated heterocycles. The normalized spacial score (nSPS) is 14.7.